The molecule has 3 aromatic heterocycles. The summed E-state index contributed by atoms with van der Waals surface area (Å²) in [5, 5.41) is 9.00. The number of methoxy groups -OCH3 is 2. The quantitative estimate of drug-likeness (QED) is 0.408. The highest BCUT2D eigenvalue weighted by Crippen LogP contribution is 2.33. The first-order chi connectivity index (χ1) is 17.5. The minimum Gasteiger partial charge on any atom is -0.497 e. The summed E-state index contributed by atoms with van der Waals surface area (Å²) in [5.41, 5.74) is 2.85. The predicted molar refractivity (Wildman–Crippen MR) is 134 cm³/mol. The maximum atomic E-state index is 13.4. The van der Waals surface area contributed by atoms with Crippen LogP contribution in [-0.4, -0.2) is 80.7 Å². The highest BCUT2D eigenvalue weighted by atomic mass is 16.5. The molecule has 4 heterocycles. The molecule has 1 fully saturated rings. The smallest absolute Gasteiger partial charge is 0.272 e. The number of anilines is 1. The van der Waals surface area contributed by atoms with Gasteiger partial charge in [-0.05, 0) is 37.3 Å². The fourth-order valence-electron chi connectivity index (χ4n) is 4.29. The van der Waals surface area contributed by atoms with Crippen molar-refractivity contribution in [1.82, 2.24) is 34.4 Å². The summed E-state index contributed by atoms with van der Waals surface area (Å²) in [4.78, 5) is 26.2. The first-order valence-corrected chi connectivity index (χ1v) is 11.6. The number of carbonyl (C=O) groups excluding carboxylic acids is 1. The van der Waals surface area contributed by atoms with Gasteiger partial charge >= 0.3 is 0 Å². The molecule has 0 radical (unpaired) electrons. The highest BCUT2D eigenvalue weighted by molar-refractivity contribution is 5.94. The summed E-state index contributed by atoms with van der Waals surface area (Å²) in [7, 11) is 4.99. The minimum atomic E-state index is -0.0619. The van der Waals surface area contributed by atoms with Crippen LogP contribution in [-0.2, 0) is 7.05 Å². The zero-order valence-corrected chi connectivity index (χ0v) is 20.7. The Morgan fingerprint density at radius 3 is 2.39 bits per heavy atom. The Balaban J connectivity index is 1.30. The van der Waals surface area contributed by atoms with E-state index < -0.39 is 0 Å². The molecule has 1 amide bonds. The van der Waals surface area contributed by atoms with Crippen LogP contribution >= 0.6 is 0 Å². The lowest BCUT2D eigenvalue weighted by Gasteiger charge is -2.35. The Labute approximate surface area is 208 Å². The lowest BCUT2D eigenvalue weighted by atomic mass is 10.1. The van der Waals surface area contributed by atoms with Gasteiger partial charge in [0.2, 0.25) is 0 Å². The number of aromatic nitrogens is 6. The third kappa shape index (κ3) is 4.47. The Kier molecular flexibility index (Phi) is 6.28. The summed E-state index contributed by atoms with van der Waals surface area (Å²) in [6, 6.07) is 11.2. The monoisotopic (exact) mass is 488 g/mol. The summed E-state index contributed by atoms with van der Waals surface area (Å²) in [6.07, 6.45) is 3.42. The first kappa shape index (κ1) is 23.3. The molecule has 0 N–H and O–H groups in total. The van der Waals surface area contributed by atoms with Crippen LogP contribution in [0, 0.1) is 6.92 Å². The van der Waals surface area contributed by atoms with E-state index >= 15 is 0 Å². The summed E-state index contributed by atoms with van der Waals surface area (Å²) in [6.45, 7) is 4.40. The second-order valence-electron chi connectivity index (χ2n) is 8.52. The van der Waals surface area contributed by atoms with E-state index in [1.54, 1.807) is 43.0 Å². The van der Waals surface area contributed by atoms with Gasteiger partial charge in [-0.1, -0.05) is 0 Å². The molecule has 0 unspecified atom stereocenters. The molecule has 0 spiro atoms. The average molecular weight is 489 g/mol. The van der Waals surface area contributed by atoms with E-state index in [2.05, 4.69) is 25.1 Å². The van der Waals surface area contributed by atoms with Gasteiger partial charge in [-0.3, -0.25) is 9.48 Å². The maximum Gasteiger partial charge on any atom is 0.272 e. The number of nitrogens with zero attached hydrogens (tertiary/aromatic N) is 8. The van der Waals surface area contributed by atoms with Crippen LogP contribution in [0.25, 0.3) is 17.1 Å². The van der Waals surface area contributed by atoms with Crippen LogP contribution in [0.4, 0.5) is 5.82 Å². The molecule has 0 atom stereocenters. The normalized spacial score (nSPS) is 13.7. The van der Waals surface area contributed by atoms with E-state index in [0.29, 0.717) is 54.9 Å². The fourth-order valence-corrected chi connectivity index (χ4v) is 4.29. The second-order valence-corrected chi connectivity index (χ2v) is 8.52. The van der Waals surface area contributed by atoms with Gasteiger partial charge in [-0.2, -0.15) is 10.2 Å². The number of amides is 1. The molecular formula is C25H28N8O3. The summed E-state index contributed by atoms with van der Waals surface area (Å²) in [5.74, 6) is 2.82. The molecule has 1 aromatic carbocycles. The predicted octanol–water partition coefficient (Wildman–Crippen LogP) is 2.35. The van der Waals surface area contributed by atoms with E-state index in [0.717, 1.165) is 17.1 Å². The van der Waals surface area contributed by atoms with Crippen molar-refractivity contribution in [2.75, 3.05) is 45.3 Å². The highest BCUT2D eigenvalue weighted by Gasteiger charge is 2.26. The molecule has 0 bridgehead atoms. The van der Waals surface area contributed by atoms with E-state index in [1.165, 1.54) is 0 Å². The van der Waals surface area contributed by atoms with E-state index in [-0.39, 0.29) is 5.91 Å². The SMILES string of the molecule is COc1ccc(OC)c(-c2cc(C(=O)N3CCN(c4cc(-n5ccc(C)n5)ncn4)CC3)n(C)n2)c1. The molecule has 11 heteroatoms. The molecule has 1 aliphatic rings. The number of carbonyl (C=O) groups is 1. The van der Waals surface area contributed by atoms with Crippen molar-refractivity contribution >= 4 is 11.7 Å². The third-order valence-corrected chi connectivity index (χ3v) is 6.27. The van der Waals surface area contributed by atoms with Gasteiger partial charge in [-0.25, -0.2) is 14.6 Å². The van der Waals surface area contributed by atoms with Crippen molar-refractivity contribution in [3.8, 4) is 28.6 Å². The summed E-state index contributed by atoms with van der Waals surface area (Å²) >= 11 is 0. The number of aryl methyl sites for hydroxylation is 2. The van der Waals surface area contributed by atoms with Gasteiger partial charge in [0.25, 0.3) is 5.91 Å². The molecule has 11 nitrogen and oxygen atoms in total. The number of hydrogen-bond acceptors (Lipinski definition) is 8. The van der Waals surface area contributed by atoms with Crippen molar-refractivity contribution in [2.24, 2.45) is 7.05 Å². The van der Waals surface area contributed by atoms with Crippen molar-refractivity contribution in [3.05, 3.63) is 60.3 Å². The molecule has 1 saturated heterocycles. The zero-order valence-electron chi connectivity index (χ0n) is 20.7. The van der Waals surface area contributed by atoms with Crippen LogP contribution in [0.15, 0.2) is 48.9 Å². The number of piperazine rings is 1. The summed E-state index contributed by atoms with van der Waals surface area (Å²) < 4.78 is 14.2. The molecule has 36 heavy (non-hydrogen) atoms. The second kappa shape index (κ2) is 9.68. The Hall–Kier alpha value is -4.41. The average Bonchev–Trinajstić information content (AvgIpc) is 3.53. The topological polar surface area (TPSA) is 103 Å². The van der Waals surface area contributed by atoms with Gasteiger partial charge in [0, 0.05) is 51.1 Å². The van der Waals surface area contributed by atoms with Gasteiger partial charge in [0.05, 0.1) is 25.6 Å². The molecule has 1 aliphatic heterocycles. The third-order valence-electron chi connectivity index (χ3n) is 6.27. The first-order valence-electron chi connectivity index (χ1n) is 11.6. The van der Waals surface area contributed by atoms with Crippen molar-refractivity contribution in [3.63, 3.8) is 0 Å². The minimum absolute atomic E-state index is 0.0619. The molecule has 0 saturated carbocycles. The van der Waals surface area contributed by atoms with Gasteiger partial charge in [0.15, 0.2) is 5.82 Å². The number of benzene rings is 1. The lowest BCUT2D eigenvalue weighted by Crippen LogP contribution is -2.49. The standard InChI is InChI=1S/C25H28N8O3/c1-17-7-8-33(28-17)24-15-23(26-16-27-24)31-9-11-32(12-10-31)25(34)21-14-20(29-30(21)2)19-13-18(35-3)5-6-22(19)36-4/h5-8,13-16H,9-12H2,1-4H3. The van der Waals surface area contributed by atoms with Crippen LogP contribution in [0.5, 0.6) is 11.5 Å². The maximum absolute atomic E-state index is 13.4. The van der Waals surface area contributed by atoms with Crippen LogP contribution in [0.2, 0.25) is 0 Å². The van der Waals surface area contributed by atoms with Gasteiger partial charge in [0.1, 0.15) is 29.3 Å². The van der Waals surface area contributed by atoms with E-state index in [4.69, 9.17) is 9.47 Å². The Morgan fingerprint density at radius 2 is 1.69 bits per heavy atom. The fraction of sp³-hybridized carbons (Fsp3) is 0.320. The molecule has 4 aromatic rings. The molecule has 5 rings (SSSR count). The molecular weight excluding hydrogens is 460 g/mol. The molecule has 0 aliphatic carbocycles. The Morgan fingerprint density at radius 1 is 0.917 bits per heavy atom. The van der Waals surface area contributed by atoms with Gasteiger partial charge < -0.3 is 19.3 Å². The number of rotatable bonds is 6. The Bertz CT molecular complexity index is 1390. The van der Waals surface area contributed by atoms with Crippen molar-refractivity contribution in [2.45, 2.75) is 6.92 Å². The number of ether oxygens (including phenoxy) is 2. The molecule has 186 valence electrons. The lowest BCUT2D eigenvalue weighted by molar-refractivity contribution is 0.0735. The van der Waals surface area contributed by atoms with Crippen LogP contribution < -0.4 is 14.4 Å². The van der Waals surface area contributed by atoms with Crippen molar-refractivity contribution in [1.29, 1.82) is 0 Å². The van der Waals surface area contributed by atoms with Crippen LogP contribution in [0.3, 0.4) is 0 Å². The van der Waals surface area contributed by atoms with E-state index in [9.17, 15) is 4.79 Å². The van der Waals surface area contributed by atoms with Gasteiger partial charge in [-0.15, -0.1) is 0 Å². The van der Waals surface area contributed by atoms with Crippen molar-refractivity contribution < 1.29 is 14.3 Å². The number of hydrogen-bond donors (Lipinski definition) is 0. The van der Waals surface area contributed by atoms with E-state index in [1.807, 2.05) is 48.4 Å². The zero-order chi connectivity index (χ0) is 25.2. The largest absolute Gasteiger partial charge is 0.497 e. The van der Waals surface area contributed by atoms with Crippen LogP contribution in [0.1, 0.15) is 16.2 Å².